The summed E-state index contributed by atoms with van der Waals surface area (Å²) in [6, 6.07) is 24.0. The molecule has 138 valence electrons. The summed E-state index contributed by atoms with van der Waals surface area (Å²) in [5.74, 6) is 0.498. The fraction of sp³-hybridized carbons (Fsp3) is 0.0870. The van der Waals surface area contributed by atoms with E-state index in [1.54, 1.807) is 18.2 Å². The Morgan fingerprint density at radius 3 is 2.32 bits per heavy atom. The molecule has 0 saturated carbocycles. The molecule has 0 fully saturated rings. The molecule has 0 heterocycles. The molecule has 3 aromatic carbocycles. The molecule has 0 unspecified atom stereocenters. The number of carbonyl (C=O) groups excluding carboxylic acids is 2. The van der Waals surface area contributed by atoms with Crippen molar-refractivity contribution in [3.05, 3.63) is 101 Å². The molecule has 4 rings (SSSR count). The highest BCUT2D eigenvalue weighted by Gasteiger charge is 2.25. The average Bonchev–Trinajstić information content (AvgIpc) is 3.07. The number of carbonyl (C=O) groups is 2. The Bertz CT molecular complexity index is 1040. The van der Waals surface area contributed by atoms with Gasteiger partial charge in [0.05, 0.1) is 12.1 Å². The lowest BCUT2D eigenvalue weighted by atomic mass is 10.1. The maximum Gasteiger partial charge on any atom is 0.271 e. The molecule has 0 radical (unpaired) electrons. The van der Waals surface area contributed by atoms with Crippen LogP contribution in [0.15, 0.2) is 84.0 Å². The number of Topliss-reactive ketones (excluding diaryl/α,β-unsaturated/α-hetero) is 1. The van der Waals surface area contributed by atoms with Gasteiger partial charge in [-0.15, -0.1) is 0 Å². The SMILES string of the molecule is O=C(N/N=C1\CC(=O)c2ccccc21)c1ccc(COc2ccccc2)cc1. The van der Waals surface area contributed by atoms with E-state index in [2.05, 4.69) is 10.5 Å². The topological polar surface area (TPSA) is 67.8 Å². The van der Waals surface area contributed by atoms with Gasteiger partial charge in [-0.05, 0) is 29.8 Å². The summed E-state index contributed by atoms with van der Waals surface area (Å²) in [4.78, 5) is 24.3. The Balaban J connectivity index is 1.38. The van der Waals surface area contributed by atoms with E-state index in [0.717, 1.165) is 16.9 Å². The van der Waals surface area contributed by atoms with Gasteiger partial charge in [0.2, 0.25) is 0 Å². The van der Waals surface area contributed by atoms with E-state index < -0.39 is 0 Å². The van der Waals surface area contributed by atoms with E-state index in [1.807, 2.05) is 60.7 Å². The van der Waals surface area contributed by atoms with Crippen LogP contribution >= 0.6 is 0 Å². The standard InChI is InChI=1S/C23H18N2O3/c26-22-14-21(19-8-4-5-9-20(19)22)24-25-23(27)17-12-10-16(11-13-17)15-28-18-6-2-1-3-7-18/h1-13H,14-15H2,(H,25,27)/b24-21+. The van der Waals surface area contributed by atoms with Crippen LogP contribution in [0.2, 0.25) is 0 Å². The Labute approximate surface area is 162 Å². The second kappa shape index (κ2) is 7.88. The van der Waals surface area contributed by atoms with Crippen LogP contribution in [0, 0.1) is 0 Å². The Hall–Kier alpha value is -3.73. The largest absolute Gasteiger partial charge is 0.489 e. The summed E-state index contributed by atoms with van der Waals surface area (Å²) in [6.45, 7) is 0.424. The second-order valence-electron chi connectivity index (χ2n) is 6.44. The smallest absolute Gasteiger partial charge is 0.271 e. The van der Waals surface area contributed by atoms with E-state index >= 15 is 0 Å². The van der Waals surface area contributed by atoms with Crippen LogP contribution in [0.4, 0.5) is 0 Å². The van der Waals surface area contributed by atoms with Crippen LogP contribution in [-0.2, 0) is 6.61 Å². The van der Waals surface area contributed by atoms with Gasteiger partial charge >= 0.3 is 0 Å². The van der Waals surface area contributed by atoms with Crippen molar-refractivity contribution < 1.29 is 14.3 Å². The predicted molar refractivity (Wildman–Crippen MR) is 107 cm³/mol. The van der Waals surface area contributed by atoms with Crippen molar-refractivity contribution in [2.75, 3.05) is 0 Å². The van der Waals surface area contributed by atoms with Gasteiger partial charge in [-0.25, -0.2) is 5.43 Å². The summed E-state index contributed by atoms with van der Waals surface area (Å²) in [6.07, 6.45) is 0.204. The normalized spacial score (nSPS) is 14.0. The molecule has 0 aromatic heterocycles. The molecule has 5 heteroatoms. The van der Waals surface area contributed by atoms with E-state index in [4.69, 9.17) is 4.74 Å². The highest BCUT2D eigenvalue weighted by atomic mass is 16.5. The van der Waals surface area contributed by atoms with Crippen molar-refractivity contribution in [1.82, 2.24) is 5.43 Å². The molecule has 5 nitrogen and oxygen atoms in total. The zero-order valence-corrected chi connectivity index (χ0v) is 15.1. The third-order valence-corrected chi connectivity index (χ3v) is 4.52. The van der Waals surface area contributed by atoms with Gasteiger partial charge in [-0.1, -0.05) is 54.6 Å². The number of fused-ring (bicyclic) bond motifs is 1. The van der Waals surface area contributed by atoms with Gasteiger partial charge in [-0.3, -0.25) is 9.59 Å². The number of para-hydroxylation sites is 1. The molecule has 0 saturated heterocycles. The zero-order chi connectivity index (χ0) is 19.3. The molecule has 0 bridgehead atoms. The third-order valence-electron chi connectivity index (χ3n) is 4.52. The number of amides is 1. The van der Waals surface area contributed by atoms with Crippen molar-refractivity contribution in [3.8, 4) is 5.75 Å². The van der Waals surface area contributed by atoms with E-state index in [-0.39, 0.29) is 18.1 Å². The number of hydrogen-bond donors (Lipinski definition) is 1. The number of nitrogens with zero attached hydrogens (tertiary/aromatic N) is 1. The average molecular weight is 370 g/mol. The first-order valence-electron chi connectivity index (χ1n) is 8.97. The number of ether oxygens (including phenoxy) is 1. The number of ketones is 1. The molecule has 1 amide bonds. The summed E-state index contributed by atoms with van der Waals surface area (Å²) < 4.78 is 5.70. The number of rotatable bonds is 5. The first kappa shape index (κ1) is 17.7. The Morgan fingerprint density at radius 2 is 1.57 bits per heavy atom. The Morgan fingerprint density at radius 1 is 0.893 bits per heavy atom. The highest BCUT2D eigenvalue weighted by Crippen LogP contribution is 2.22. The summed E-state index contributed by atoms with van der Waals surface area (Å²) >= 11 is 0. The number of hydrazone groups is 1. The molecule has 28 heavy (non-hydrogen) atoms. The minimum Gasteiger partial charge on any atom is -0.489 e. The zero-order valence-electron chi connectivity index (χ0n) is 15.1. The number of nitrogens with one attached hydrogen (secondary N) is 1. The minimum atomic E-state index is -0.320. The molecular formula is C23H18N2O3. The van der Waals surface area contributed by atoms with Crippen LogP contribution in [0.1, 0.15) is 38.3 Å². The lowest BCUT2D eigenvalue weighted by Crippen LogP contribution is -2.19. The van der Waals surface area contributed by atoms with E-state index in [0.29, 0.717) is 23.4 Å². The third kappa shape index (κ3) is 3.83. The summed E-state index contributed by atoms with van der Waals surface area (Å²) in [5.41, 5.74) is 6.01. The van der Waals surface area contributed by atoms with Crippen molar-refractivity contribution in [2.24, 2.45) is 5.10 Å². The van der Waals surface area contributed by atoms with Crippen LogP contribution in [0.25, 0.3) is 0 Å². The van der Waals surface area contributed by atoms with Gasteiger partial charge in [0.1, 0.15) is 12.4 Å². The molecule has 1 aliphatic carbocycles. The molecule has 1 aliphatic rings. The molecule has 0 aliphatic heterocycles. The van der Waals surface area contributed by atoms with Crippen LogP contribution in [0.5, 0.6) is 5.75 Å². The van der Waals surface area contributed by atoms with Crippen molar-refractivity contribution in [3.63, 3.8) is 0 Å². The minimum absolute atomic E-state index is 0.0198. The maximum absolute atomic E-state index is 12.4. The molecular weight excluding hydrogens is 352 g/mol. The summed E-state index contributed by atoms with van der Waals surface area (Å²) in [5, 5.41) is 4.16. The quantitative estimate of drug-likeness (QED) is 0.691. The first-order valence-corrected chi connectivity index (χ1v) is 8.97. The fourth-order valence-corrected chi connectivity index (χ4v) is 3.04. The van der Waals surface area contributed by atoms with Gasteiger partial charge < -0.3 is 4.74 Å². The van der Waals surface area contributed by atoms with Crippen molar-refractivity contribution >= 4 is 17.4 Å². The van der Waals surface area contributed by atoms with Gasteiger partial charge in [0.25, 0.3) is 5.91 Å². The van der Waals surface area contributed by atoms with Crippen molar-refractivity contribution in [1.29, 1.82) is 0 Å². The van der Waals surface area contributed by atoms with Crippen molar-refractivity contribution in [2.45, 2.75) is 13.0 Å². The lowest BCUT2D eigenvalue weighted by Gasteiger charge is -2.07. The first-order chi connectivity index (χ1) is 13.7. The Kier molecular flexibility index (Phi) is 4.97. The molecule has 0 spiro atoms. The number of hydrogen-bond acceptors (Lipinski definition) is 4. The highest BCUT2D eigenvalue weighted by molar-refractivity contribution is 6.26. The lowest BCUT2D eigenvalue weighted by molar-refractivity contribution is 0.0952. The molecule has 1 N–H and O–H groups in total. The summed E-state index contributed by atoms with van der Waals surface area (Å²) in [7, 11) is 0. The van der Waals surface area contributed by atoms with Gasteiger partial charge in [0.15, 0.2) is 5.78 Å². The maximum atomic E-state index is 12.4. The van der Waals surface area contributed by atoms with Gasteiger partial charge in [-0.2, -0.15) is 5.10 Å². The second-order valence-corrected chi connectivity index (χ2v) is 6.44. The van der Waals surface area contributed by atoms with Crippen LogP contribution < -0.4 is 10.2 Å². The van der Waals surface area contributed by atoms with E-state index in [1.165, 1.54) is 0 Å². The van der Waals surface area contributed by atoms with Crippen LogP contribution in [-0.4, -0.2) is 17.4 Å². The number of benzene rings is 3. The van der Waals surface area contributed by atoms with Crippen LogP contribution in [0.3, 0.4) is 0 Å². The molecule has 0 atom stereocenters. The predicted octanol–water partition coefficient (Wildman–Crippen LogP) is 3.99. The molecule has 3 aromatic rings. The van der Waals surface area contributed by atoms with Gasteiger partial charge in [0, 0.05) is 16.7 Å². The fourth-order valence-electron chi connectivity index (χ4n) is 3.04. The van der Waals surface area contributed by atoms with E-state index in [9.17, 15) is 9.59 Å². The monoisotopic (exact) mass is 370 g/mol.